The highest BCUT2D eigenvalue weighted by molar-refractivity contribution is 5.69. The first kappa shape index (κ1) is 32.9. The molecule has 0 aliphatic heterocycles. The van der Waals surface area contributed by atoms with Gasteiger partial charge in [0.2, 0.25) is 0 Å². The number of nitrogens with zero attached hydrogens (tertiary/aromatic N) is 2. The van der Waals surface area contributed by atoms with Gasteiger partial charge in [0.05, 0.1) is 19.6 Å². The van der Waals surface area contributed by atoms with Crippen molar-refractivity contribution in [1.29, 1.82) is 0 Å². The first-order chi connectivity index (χ1) is 15.7. The van der Waals surface area contributed by atoms with Gasteiger partial charge in [0.25, 0.3) is 0 Å². The van der Waals surface area contributed by atoms with Gasteiger partial charge in [-0.25, -0.2) is 0 Å². The summed E-state index contributed by atoms with van der Waals surface area (Å²) in [5.74, 6) is 0.192. The van der Waals surface area contributed by atoms with Gasteiger partial charge in [0.15, 0.2) is 0 Å². The lowest BCUT2D eigenvalue weighted by Gasteiger charge is -2.35. The van der Waals surface area contributed by atoms with Crippen LogP contribution >= 0.6 is 0 Å². The largest absolute Gasteiger partial charge is 0.466 e. The minimum absolute atomic E-state index is 0.0388. The summed E-state index contributed by atoms with van der Waals surface area (Å²) in [5, 5.41) is 0. The van der Waals surface area contributed by atoms with Crippen molar-refractivity contribution in [3.05, 3.63) is 0 Å². The average molecular weight is 485 g/mol. The number of carbonyl (C=O) groups is 2. The van der Waals surface area contributed by atoms with E-state index < -0.39 is 0 Å². The van der Waals surface area contributed by atoms with Crippen molar-refractivity contribution < 1.29 is 19.1 Å². The standard InChI is InChI=1S/C28H56N2O4/c1-10-14-24(23-34-25(31)16-18-27(2,3)4)15-11-12-22-33-26(32)17-21-30(28(5,6)7)20-13-19-29(8)9/h24H,10-23H2,1-9H3. The molecule has 6 nitrogen and oxygen atoms in total. The minimum atomic E-state index is -0.111. The van der Waals surface area contributed by atoms with Gasteiger partial charge in [-0.15, -0.1) is 0 Å². The summed E-state index contributed by atoms with van der Waals surface area (Å²) < 4.78 is 11.0. The molecule has 0 rings (SSSR count). The SMILES string of the molecule is CCCC(CCCCOC(=O)CCN(CCCN(C)C)C(C)(C)C)COC(=O)CCC(C)(C)C. The zero-order chi connectivity index (χ0) is 26.2. The summed E-state index contributed by atoms with van der Waals surface area (Å²) in [7, 11) is 4.17. The maximum atomic E-state index is 12.3. The minimum Gasteiger partial charge on any atom is -0.466 e. The number of rotatable bonds is 18. The molecule has 0 N–H and O–H groups in total. The highest BCUT2D eigenvalue weighted by atomic mass is 16.5. The monoisotopic (exact) mass is 484 g/mol. The van der Waals surface area contributed by atoms with E-state index in [-0.39, 0.29) is 22.9 Å². The van der Waals surface area contributed by atoms with E-state index in [9.17, 15) is 9.59 Å². The molecule has 0 radical (unpaired) electrons. The molecular weight excluding hydrogens is 428 g/mol. The van der Waals surface area contributed by atoms with Crippen molar-refractivity contribution in [2.75, 3.05) is 46.9 Å². The molecule has 0 amide bonds. The van der Waals surface area contributed by atoms with E-state index in [2.05, 4.69) is 72.4 Å². The van der Waals surface area contributed by atoms with Crippen LogP contribution in [0.2, 0.25) is 0 Å². The van der Waals surface area contributed by atoms with Gasteiger partial charge < -0.3 is 14.4 Å². The Morgan fingerprint density at radius 1 is 0.794 bits per heavy atom. The predicted octanol–water partition coefficient (Wildman–Crippen LogP) is 5.93. The number of unbranched alkanes of at least 4 members (excludes halogenated alkanes) is 1. The van der Waals surface area contributed by atoms with Crippen LogP contribution in [0.1, 0.15) is 106 Å². The van der Waals surface area contributed by atoms with E-state index in [0.29, 0.717) is 32.0 Å². The first-order valence-corrected chi connectivity index (χ1v) is 13.5. The Kier molecular flexibility index (Phi) is 16.7. The van der Waals surface area contributed by atoms with Gasteiger partial charge in [0, 0.05) is 18.5 Å². The topological polar surface area (TPSA) is 59.1 Å². The molecule has 0 aromatic carbocycles. The smallest absolute Gasteiger partial charge is 0.307 e. The van der Waals surface area contributed by atoms with Crippen molar-refractivity contribution in [1.82, 2.24) is 9.80 Å². The lowest BCUT2D eigenvalue weighted by atomic mass is 9.91. The second-order valence-corrected chi connectivity index (χ2v) is 12.2. The quantitative estimate of drug-likeness (QED) is 0.178. The molecule has 1 unspecified atom stereocenters. The second-order valence-electron chi connectivity index (χ2n) is 12.2. The molecule has 0 aliphatic carbocycles. The maximum Gasteiger partial charge on any atom is 0.307 e. The Balaban J connectivity index is 4.15. The number of hydrogen-bond donors (Lipinski definition) is 0. The third-order valence-electron chi connectivity index (χ3n) is 6.09. The molecule has 0 bridgehead atoms. The third-order valence-corrected chi connectivity index (χ3v) is 6.09. The van der Waals surface area contributed by atoms with Crippen molar-refractivity contribution in [2.45, 2.75) is 112 Å². The molecule has 0 aromatic heterocycles. The van der Waals surface area contributed by atoms with Gasteiger partial charge in [-0.05, 0) is 97.8 Å². The van der Waals surface area contributed by atoms with Gasteiger partial charge in [-0.1, -0.05) is 34.1 Å². The molecule has 0 aliphatic rings. The van der Waals surface area contributed by atoms with Crippen molar-refractivity contribution in [3.63, 3.8) is 0 Å². The normalized spacial score (nSPS) is 13.4. The summed E-state index contributed by atoms with van der Waals surface area (Å²) in [6.45, 7) is 18.9. The van der Waals surface area contributed by atoms with Gasteiger partial charge in [0.1, 0.15) is 0 Å². The van der Waals surface area contributed by atoms with Gasteiger partial charge >= 0.3 is 11.9 Å². The van der Waals surface area contributed by atoms with Crippen LogP contribution in [0.4, 0.5) is 0 Å². The molecule has 0 saturated heterocycles. The highest BCUT2D eigenvalue weighted by Crippen LogP contribution is 2.21. The maximum absolute atomic E-state index is 12.3. The molecule has 202 valence electrons. The van der Waals surface area contributed by atoms with Crippen LogP contribution in [0.15, 0.2) is 0 Å². The van der Waals surface area contributed by atoms with E-state index in [1.54, 1.807) is 0 Å². The Hall–Kier alpha value is -1.14. The third kappa shape index (κ3) is 19.2. The van der Waals surface area contributed by atoms with Crippen molar-refractivity contribution in [2.24, 2.45) is 11.3 Å². The second kappa shape index (κ2) is 17.3. The van der Waals surface area contributed by atoms with E-state index in [0.717, 1.165) is 64.6 Å². The summed E-state index contributed by atoms with van der Waals surface area (Å²) in [6.07, 6.45) is 7.83. The molecule has 6 heteroatoms. The first-order valence-electron chi connectivity index (χ1n) is 13.5. The van der Waals surface area contributed by atoms with Gasteiger partial charge in [-0.3, -0.25) is 14.5 Å². The molecule has 0 aromatic rings. The van der Waals surface area contributed by atoms with Crippen LogP contribution < -0.4 is 0 Å². The molecule has 0 saturated carbocycles. The van der Waals surface area contributed by atoms with Crippen LogP contribution in [0.5, 0.6) is 0 Å². The number of esters is 2. The summed E-state index contributed by atoms with van der Waals surface area (Å²) in [6, 6.07) is 0. The summed E-state index contributed by atoms with van der Waals surface area (Å²) >= 11 is 0. The van der Waals surface area contributed by atoms with Crippen molar-refractivity contribution >= 4 is 11.9 Å². The molecule has 34 heavy (non-hydrogen) atoms. The molecular formula is C28H56N2O4. The summed E-state index contributed by atoms with van der Waals surface area (Å²) in [5.41, 5.74) is 0.188. The van der Waals surface area contributed by atoms with E-state index in [1.165, 1.54) is 0 Å². The van der Waals surface area contributed by atoms with Crippen LogP contribution in [-0.2, 0) is 19.1 Å². The lowest BCUT2D eigenvalue weighted by molar-refractivity contribution is -0.146. The molecule has 0 spiro atoms. The molecule has 0 heterocycles. The van der Waals surface area contributed by atoms with E-state index >= 15 is 0 Å². The van der Waals surface area contributed by atoms with Crippen LogP contribution in [0, 0.1) is 11.3 Å². The average Bonchev–Trinajstić information content (AvgIpc) is 2.70. The van der Waals surface area contributed by atoms with Crippen LogP contribution in [-0.4, -0.2) is 74.2 Å². The zero-order valence-electron chi connectivity index (χ0n) is 24.0. The van der Waals surface area contributed by atoms with Crippen LogP contribution in [0.25, 0.3) is 0 Å². The molecule has 0 fully saturated rings. The number of carbonyl (C=O) groups excluding carboxylic acids is 2. The van der Waals surface area contributed by atoms with E-state index in [1.807, 2.05) is 0 Å². The number of ether oxygens (including phenoxy) is 2. The fourth-order valence-corrected chi connectivity index (χ4v) is 3.86. The lowest BCUT2D eigenvalue weighted by Crippen LogP contribution is -2.43. The van der Waals surface area contributed by atoms with E-state index in [4.69, 9.17) is 9.47 Å². The number of hydrogen-bond acceptors (Lipinski definition) is 6. The Morgan fingerprint density at radius 2 is 1.44 bits per heavy atom. The molecule has 1 atom stereocenters. The highest BCUT2D eigenvalue weighted by Gasteiger charge is 2.22. The zero-order valence-corrected chi connectivity index (χ0v) is 24.0. The fourth-order valence-electron chi connectivity index (χ4n) is 3.86. The Bertz CT molecular complexity index is 550. The van der Waals surface area contributed by atoms with Gasteiger partial charge in [-0.2, -0.15) is 0 Å². The summed E-state index contributed by atoms with van der Waals surface area (Å²) in [4.78, 5) is 28.8. The predicted molar refractivity (Wildman–Crippen MR) is 142 cm³/mol. The Labute approximate surface area is 211 Å². The van der Waals surface area contributed by atoms with Crippen molar-refractivity contribution in [3.8, 4) is 0 Å². The van der Waals surface area contributed by atoms with Crippen LogP contribution in [0.3, 0.4) is 0 Å². The Morgan fingerprint density at radius 3 is 2.00 bits per heavy atom. The fraction of sp³-hybridized carbons (Fsp3) is 0.929.